The van der Waals surface area contributed by atoms with E-state index in [-0.39, 0.29) is 0 Å². The van der Waals surface area contributed by atoms with E-state index in [4.69, 9.17) is 0 Å². The van der Waals surface area contributed by atoms with Gasteiger partial charge in [-0.25, -0.2) is 0 Å². The standard InChI is InChI=1S/C20H26N4S/c1-21-20(24-17-9-10-18(13-17)25-2)23-14-15-6-5-7-16(12-15)19-8-3-4-11-22-19/h3-8,11-12,17-18H,9-10,13-14H2,1-2H3,(H2,21,23,24). The molecule has 2 N–H and O–H groups in total. The van der Waals surface area contributed by atoms with Crippen molar-refractivity contribution in [1.82, 2.24) is 15.6 Å². The van der Waals surface area contributed by atoms with E-state index < -0.39 is 0 Å². The van der Waals surface area contributed by atoms with Gasteiger partial charge in [-0.1, -0.05) is 24.3 Å². The maximum atomic E-state index is 4.43. The molecule has 0 spiro atoms. The molecule has 1 aromatic heterocycles. The van der Waals surface area contributed by atoms with E-state index in [0.717, 1.165) is 29.0 Å². The Kier molecular flexibility index (Phi) is 6.34. The van der Waals surface area contributed by atoms with Crippen LogP contribution in [0.15, 0.2) is 53.7 Å². The number of pyridine rings is 1. The SMILES string of the molecule is CN=C(NCc1cccc(-c2ccccn2)c1)NC1CCC(SC)C1. The smallest absolute Gasteiger partial charge is 0.191 e. The Morgan fingerprint density at radius 3 is 2.88 bits per heavy atom. The number of hydrogen-bond donors (Lipinski definition) is 2. The average molecular weight is 355 g/mol. The summed E-state index contributed by atoms with van der Waals surface area (Å²) in [6.45, 7) is 0.749. The number of benzene rings is 1. The first-order valence-corrected chi connectivity index (χ1v) is 10.1. The molecule has 0 bridgehead atoms. The molecule has 1 aliphatic carbocycles. The molecule has 25 heavy (non-hydrogen) atoms. The fourth-order valence-corrected chi connectivity index (χ4v) is 4.03. The molecule has 2 aromatic rings. The van der Waals surface area contributed by atoms with E-state index in [9.17, 15) is 0 Å². The van der Waals surface area contributed by atoms with E-state index in [0.29, 0.717) is 6.04 Å². The summed E-state index contributed by atoms with van der Waals surface area (Å²) in [5.41, 5.74) is 3.36. The Labute approximate surface area is 154 Å². The number of rotatable bonds is 5. The fraction of sp³-hybridized carbons (Fsp3) is 0.400. The lowest BCUT2D eigenvalue weighted by Gasteiger charge is -2.17. The van der Waals surface area contributed by atoms with Gasteiger partial charge >= 0.3 is 0 Å². The minimum absolute atomic E-state index is 0.531. The summed E-state index contributed by atoms with van der Waals surface area (Å²) < 4.78 is 0. The minimum atomic E-state index is 0.531. The first kappa shape index (κ1) is 17.8. The van der Waals surface area contributed by atoms with Crippen LogP contribution in [0.25, 0.3) is 11.3 Å². The van der Waals surface area contributed by atoms with Gasteiger partial charge in [0.1, 0.15) is 0 Å². The van der Waals surface area contributed by atoms with Crippen LogP contribution < -0.4 is 10.6 Å². The van der Waals surface area contributed by atoms with Crippen molar-refractivity contribution < 1.29 is 0 Å². The number of hydrogen-bond acceptors (Lipinski definition) is 3. The van der Waals surface area contributed by atoms with Crippen LogP contribution in [0.5, 0.6) is 0 Å². The quantitative estimate of drug-likeness (QED) is 0.635. The first-order valence-electron chi connectivity index (χ1n) is 8.79. The lowest BCUT2D eigenvalue weighted by Crippen LogP contribution is -2.42. The first-order chi connectivity index (χ1) is 12.3. The van der Waals surface area contributed by atoms with Crippen LogP contribution in [0.3, 0.4) is 0 Å². The molecule has 0 aliphatic heterocycles. The van der Waals surface area contributed by atoms with Crippen molar-refractivity contribution in [2.75, 3.05) is 13.3 Å². The third-order valence-corrected chi connectivity index (χ3v) is 5.72. The van der Waals surface area contributed by atoms with Crippen molar-refractivity contribution in [2.45, 2.75) is 37.1 Å². The molecule has 2 unspecified atom stereocenters. The molecule has 0 amide bonds. The van der Waals surface area contributed by atoms with Crippen LogP contribution in [0.4, 0.5) is 0 Å². The van der Waals surface area contributed by atoms with Gasteiger partial charge in [0.25, 0.3) is 0 Å². The highest BCUT2D eigenvalue weighted by molar-refractivity contribution is 7.99. The van der Waals surface area contributed by atoms with Crippen molar-refractivity contribution in [1.29, 1.82) is 0 Å². The van der Waals surface area contributed by atoms with Gasteiger partial charge in [0, 0.05) is 36.6 Å². The number of nitrogens with one attached hydrogen (secondary N) is 2. The molecule has 4 nitrogen and oxygen atoms in total. The Morgan fingerprint density at radius 2 is 2.16 bits per heavy atom. The summed E-state index contributed by atoms with van der Waals surface area (Å²) in [5.74, 6) is 0.884. The number of thioether (sulfide) groups is 1. The lowest BCUT2D eigenvalue weighted by atomic mass is 10.1. The molecule has 3 rings (SSSR count). The Bertz CT molecular complexity index is 702. The zero-order valence-electron chi connectivity index (χ0n) is 14.9. The van der Waals surface area contributed by atoms with Crippen LogP contribution in [0.1, 0.15) is 24.8 Å². The molecule has 1 heterocycles. The van der Waals surface area contributed by atoms with E-state index in [1.54, 1.807) is 0 Å². The summed E-state index contributed by atoms with van der Waals surface area (Å²) >= 11 is 1.97. The predicted octanol–water partition coefficient (Wildman–Crippen LogP) is 3.70. The van der Waals surface area contributed by atoms with Crippen LogP contribution in [-0.4, -0.2) is 35.5 Å². The van der Waals surface area contributed by atoms with Crippen LogP contribution in [0.2, 0.25) is 0 Å². The van der Waals surface area contributed by atoms with Crippen molar-refractivity contribution >= 4 is 17.7 Å². The summed E-state index contributed by atoms with van der Waals surface area (Å²) in [6, 6.07) is 15.0. The Hall–Kier alpha value is -2.01. The van der Waals surface area contributed by atoms with Gasteiger partial charge in [0.05, 0.1) is 5.69 Å². The summed E-state index contributed by atoms with van der Waals surface area (Å²) in [5, 5.41) is 7.78. The van der Waals surface area contributed by atoms with E-state index in [2.05, 4.69) is 51.1 Å². The van der Waals surface area contributed by atoms with E-state index in [1.807, 2.05) is 43.2 Å². The average Bonchev–Trinajstić information content (AvgIpc) is 3.13. The molecule has 1 aromatic carbocycles. The van der Waals surface area contributed by atoms with Crippen LogP contribution in [-0.2, 0) is 6.54 Å². The second kappa shape index (κ2) is 8.90. The highest BCUT2D eigenvalue weighted by atomic mass is 32.2. The fourth-order valence-electron chi connectivity index (χ4n) is 3.23. The van der Waals surface area contributed by atoms with Gasteiger partial charge < -0.3 is 10.6 Å². The van der Waals surface area contributed by atoms with Crippen molar-refractivity contribution in [3.63, 3.8) is 0 Å². The predicted molar refractivity (Wildman–Crippen MR) is 108 cm³/mol. The molecule has 132 valence electrons. The molecule has 5 heteroatoms. The number of nitrogens with zero attached hydrogens (tertiary/aromatic N) is 2. The molecule has 1 aliphatic rings. The topological polar surface area (TPSA) is 49.3 Å². The molecule has 0 saturated heterocycles. The zero-order valence-corrected chi connectivity index (χ0v) is 15.7. The molecule has 1 fully saturated rings. The van der Waals surface area contributed by atoms with Crippen LogP contribution >= 0.6 is 11.8 Å². The Morgan fingerprint density at radius 1 is 1.24 bits per heavy atom. The van der Waals surface area contributed by atoms with Crippen molar-refractivity contribution in [3.05, 3.63) is 54.2 Å². The van der Waals surface area contributed by atoms with Gasteiger partial charge in [-0.2, -0.15) is 11.8 Å². The minimum Gasteiger partial charge on any atom is -0.354 e. The highest BCUT2D eigenvalue weighted by Crippen LogP contribution is 2.28. The summed E-state index contributed by atoms with van der Waals surface area (Å²) in [4.78, 5) is 8.80. The third kappa shape index (κ3) is 4.98. The molecule has 2 atom stereocenters. The maximum Gasteiger partial charge on any atom is 0.191 e. The van der Waals surface area contributed by atoms with Crippen LogP contribution in [0, 0.1) is 0 Å². The highest BCUT2D eigenvalue weighted by Gasteiger charge is 2.24. The molecule has 1 saturated carbocycles. The third-order valence-electron chi connectivity index (χ3n) is 4.63. The van der Waals surface area contributed by atoms with Crippen molar-refractivity contribution in [3.8, 4) is 11.3 Å². The number of guanidine groups is 1. The monoisotopic (exact) mass is 354 g/mol. The maximum absolute atomic E-state index is 4.43. The largest absolute Gasteiger partial charge is 0.354 e. The van der Waals surface area contributed by atoms with E-state index in [1.165, 1.54) is 24.8 Å². The second-order valence-electron chi connectivity index (χ2n) is 6.35. The molecular formula is C20H26N4S. The van der Waals surface area contributed by atoms with Gasteiger partial charge in [-0.3, -0.25) is 9.98 Å². The summed E-state index contributed by atoms with van der Waals surface area (Å²) in [6.07, 6.45) is 7.77. The van der Waals surface area contributed by atoms with Crippen molar-refractivity contribution in [2.24, 2.45) is 4.99 Å². The van der Waals surface area contributed by atoms with Gasteiger partial charge in [0.15, 0.2) is 5.96 Å². The van der Waals surface area contributed by atoms with Gasteiger partial charge in [0.2, 0.25) is 0 Å². The van der Waals surface area contributed by atoms with Gasteiger partial charge in [-0.05, 0) is 49.3 Å². The number of aliphatic imine (C=N–C) groups is 1. The van der Waals surface area contributed by atoms with E-state index >= 15 is 0 Å². The normalized spacial score (nSPS) is 20.5. The zero-order chi connectivity index (χ0) is 17.5. The molecular weight excluding hydrogens is 328 g/mol. The van der Waals surface area contributed by atoms with Gasteiger partial charge in [-0.15, -0.1) is 0 Å². The second-order valence-corrected chi connectivity index (χ2v) is 7.49. The molecule has 0 radical (unpaired) electrons. The lowest BCUT2D eigenvalue weighted by molar-refractivity contribution is 0.614. The summed E-state index contributed by atoms with van der Waals surface area (Å²) in [7, 11) is 1.83. The Balaban J connectivity index is 1.57. The number of aromatic nitrogens is 1.